The van der Waals surface area contributed by atoms with E-state index >= 15 is 0 Å². The Kier molecular flexibility index (Phi) is 2.82. The molecule has 0 bridgehead atoms. The van der Waals surface area contributed by atoms with Crippen LogP contribution < -0.4 is 10.6 Å². The summed E-state index contributed by atoms with van der Waals surface area (Å²) in [5.74, 6) is -0.750. The minimum absolute atomic E-state index is 0.0672. The second-order valence-electron chi connectivity index (χ2n) is 5.12. The predicted molar refractivity (Wildman–Crippen MR) is 65.3 cm³/mol. The van der Waals surface area contributed by atoms with Gasteiger partial charge >= 0.3 is 6.18 Å². The number of fused-ring (bicyclic) bond motifs is 1. The number of nitrogens with zero attached hydrogens (tertiary/aromatic N) is 4. The highest BCUT2D eigenvalue weighted by Gasteiger charge is 2.38. The Balaban J connectivity index is 1.97. The van der Waals surface area contributed by atoms with E-state index in [1.807, 2.05) is 6.92 Å². The lowest BCUT2D eigenvalue weighted by Crippen LogP contribution is -2.37. The minimum Gasteiger partial charge on any atom is -0.362 e. The number of hydrogen-bond acceptors (Lipinski definition) is 5. The molecule has 3 heterocycles. The van der Waals surface area contributed by atoms with Crippen molar-refractivity contribution in [2.24, 2.45) is 0 Å². The van der Waals surface area contributed by atoms with Crippen LogP contribution in [-0.4, -0.2) is 38.4 Å². The molecule has 1 unspecified atom stereocenters. The number of nitrogens with one attached hydrogen (secondary N) is 2. The highest BCUT2D eigenvalue weighted by Crippen LogP contribution is 2.28. The lowest BCUT2D eigenvalue weighted by molar-refractivity contribution is -0.146. The summed E-state index contributed by atoms with van der Waals surface area (Å²) in [6.07, 6.45) is -3.70. The molecule has 6 nitrogen and oxygen atoms in total. The Morgan fingerprint density at radius 2 is 2.15 bits per heavy atom. The van der Waals surface area contributed by atoms with Crippen molar-refractivity contribution in [2.45, 2.75) is 25.1 Å². The third kappa shape index (κ3) is 2.28. The van der Waals surface area contributed by atoms with Gasteiger partial charge in [0.1, 0.15) is 5.82 Å². The summed E-state index contributed by atoms with van der Waals surface area (Å²) < 4.78 is 39.0. The van der Waals surface area contributed by atoms with E-state index < -0.39 is 12.0 Å². The molecule has 20 heavy (non-hydrogen) atoms. The van der Waals surface area contributed by atoms with E-state index in [1.54, 1.807) is 6.07 Å². The average molecular weight is 286 g/mol. The standard InChI is InChI=1S/C11H13F3N6/c1-10(4-5-15-6-10)16-7-2-3-8-17-18-9(11(12,13)14)20(8)19-7/h2-3,15H,4-6H2,1H3,(H,16,19). The summed E-state index contributed by atoms with van der Waals surface area (Å²) in [7, 11) is 0. The highest BCUT2D eigenvalue weighted by atomic mass is 19.4. The second-order valence-corrected chi connectivity index (χ2v) is 5.12. The first-order chi connectivity index (χ1) is 9.37. The van der Waals surface area contributed by atoms with Crippen LogP contribution in [0, 0.1) is 0 Å². The maximum absolute atomic E-state index is 12.8. The molecule has 1 atom stereocenters. The van der Waals surface area contributed by atoms with Gasteiger partial charge in [-0.25, -0.2) is 0 Å². The second kappa shape index (κ2) is 4.30. The molecule has 1 saturated heterocycles. The van der Waals surface area contributed by atoms with Crippen LogP contribution in [0.15, 0.2) is 12.1 Å². The van der Waals surface area contributed by atoms with E-state index in [4.69, 9.17) is 0 Å². The van der Waals surface area contributed by atoms with Gasteiger partial charge in [0.2, 0.25) is 0 Å². The fraction of sp³-hybridized carbons (Fsp3) is 0.545. The molecule has 3 rings (SSSR count). The molecule has 1 aliphatic heterocycles. The van der Waals surface area contributed by atoms with Crippen molar-refractivity contribution < 1.29 is 13.2 Å². The Bertz CT molecular complexity index is 629. The molecule has 0 aliphatic carbocycles. The van der Waals surface area contributed by atoms with Crippen molar-refractivity contribution in [1.29, 1.82) is 0 Å². The van der Waals surface area contributed by atoms with Gasteiger partial charge in [-0.2, -0.15) is 17.7 Å². The van der Waals surface area contributed by atoms with Crippen LogP contribution in [0.4, 0.5) is 19.0 Å². The van der Waals surface area contributed by atoms with Gasteiger partial charge in [0.05, 0.1) is 0 Å². The Morgan fingerprint density at radius 3 is 2.80 bits per heavy atom. The van der Waals surface area contributed by atoms with Crippen LogP contribution in [0.25, 0.3) is 5.65 Å². The van der Waals surface area contributed by atoms with Crippen molar-refractivity contribution in [1.82, 2.24) is 25.1 Å². The lowest BCUT2D eigenvalue weighted by Gasteiger charge is -2.24. The van der Waals surface area contributed by atoms with E-state index in [0.29, 0.717) is 10.3 Å². The molecule has 2 aromatic heterocycles. The molecule has 2 N–H and O–H groups in total. The van der Waals surface area contributed by atoms with Gasteiger partial charge < -0.3 is 10.6 Å². The molecule has 0 spiro atoms. The van der Waals surface area contributed by atoms with Crippen molar-refractivity contribution in [3.05, 3.63) is 18.0 Å². The van der Waals surface area contributed by atoms with Gasteiger partial charge in [-0.15, -0.1) is 15.3 Å². The summed E-state index contributed by atoms with van der Waals surface area (Å²) in [5.41, 5.74) is -0.148. The molecule has 0 aromatic carbocycles. The van der Waals surface area contributed by atoms with Crippen molar-refractivity contribution >= 4 is 11.5 Å². The number of anilines is 1. The third-order valence-electron chi connectivity index (χ3n) is 3.31. The molecule has 0 saturated carbocycles. The molecule has 0 amide bonds. The Hall–Kier alpha value is -1.90. The van der Waals surface area contributed by atoms with Gasteiger partial charge in [0.25, 0.3) is 5.82 Å². The van der Waals surface area contributed by atoms with E-state index in [-0.39, 0.29) is 11.2 Å². The number of aromatic nitrogens is 4. The van der Waals surface area contributed by atoms with Crippen LogP contribution >= 0.6 is 0 Å². The zero-order valence-electron chi connectivity index (χ0n) is 10.7. The maximum atomic E-state index is 12.8. The van der Waals surface area contributed by atoms with Gasteiger partial charge in [-0.3, -0.25) is 0 Å². The van der Waals surface area contributed by atoms with Gasteiger partial charge in [-0.1, -0.05) is 0 Å². The molecule has 1 aliphatic rings. The smallest absolute Gasteiger partial charge is 0.362 e. The SMILES string of the molecule is CC1(Nc2ccc3nnc(C(F)(F)F)n3n2)CCNC1. The number of alkyl halides is 3. The summed E-state index contributed by atoms with van der Waals surface area (Å²) in [6, 6.07) is 3.07. The first-order valence-corrected chi connectivity index (χ1v) is 6.16. The fourth-order valence-corrected chi connectivity index (χ4v) is 2.27. The Morgan fingerprint density at radius 1 is 1.35 bits per heavy atom. The van der Waals surface area contributed by atoms with Gasteiger partial charge in [0, 0.05) is 12.1 Å². The summed E-state index contributed by atoms with van der Waals surface area (Å²) in [6.45, 7) is 3.60. The molecule has 2 aromatic rings. The Labute approximate surface area is 112 Å². The van der Waals surface area contributed by atoms with Crippen LogP contribution in [0.1, 0.15) is 19.2 Å². The topological polar surface area (TPSA) is 67.1 Å². The first kappa shape index (κ1) is 13.1. The minimum atomic E-state index is -4.58. The molecule has 0 radical (unpaired) electrons. The van der Waals surface area contributed by atoms with Gasteiger partial charge in [0.15, 0.2) is 5.65 Å². The van der Waals surface area contributed by atoms with E-state index in [1.165, 1.54) is 6.07 Å². The van der Waals surface area contributed by atoms with E-state index in [0.717, 1.165) is 19.5 Å². The average Bonchev–Trinajstić information content (AvgIpc) is 2.94. The van der Waals surface area contributed by atoms with Gasteiger partial charge in [-0.05, 0) is 32.0 Å². The normalized spacial score (nSPS) is 23.4. The molecule has 108 valence electrons. The van der Waals surface area contributed by atoms with E-state index in [2.05, 4.69) is 25.9 Å². The predicted octanol–water partition coefficient (Wildman–Crippen LogP) is 1.31. The molecular formula is C11H13F3N6. The summed E-state index contributed by atoms with van der Waals surface area (Å²) in [5, 5.41) is 16.9. The van der Waals surface area contributed by atoms with Crippen molar-refractivity contribution in [3.8, 4) is 0 Å². The zero-order valence-corrected chi connectivity index (χ0v) is 10.7. The maximum Gasteiger partial charge on any atom is 0.453 e. The van der Waals surface area contributed by atoms with Crippen LogP contribution in [-0.2, 0) is 6.18 Å². The molecule has 9 heteroatoms. The number of rotatable bonds is 2. The highest BCUT2D eigenvalue weighted by molar-refractivity contribution is 5.45. The van der Waals surface area contributed by atoms with Crippen LogP contribution in [0.3, 0.4) is 0 Å². The van der Waals surface area contributed by atoms with E-state index in [9.17, 15) is 13.2 Å². The molecular weight excluding hydrogens is 273 g/mol. The monoisotopic (exact) mass is 286 g/mol. The summed E-state index contributed by atoms with van der Waals surface area (Å²) in [4.78, 5) is 0. The molecule has 1 fully saturated rings. The quantitative estimate of drug-likeness (QED) is 0.871. The van der Waals surface area contributed by atoms with Crippen LogP contribution in [0.2, 0.25) is 0 Å². The number of hydrogen-bond donors (Lipinski definition) is 2. The first-order valence-electron chi connectivity index (χ1n) is 6.16. The van der Waals surface area contributed by atoms with Crippen molar-refractivity contribution in [2.75, 3.05) is 18.4 Å². The zero-order chi connectivity index (χ0) is 14.4. The summed E-state index contributed by atoms with van der Waals surface area (Å²) >= 11 is 0. The lowest BCUT2D eigenvalue weighted by atomic mass is 10.0. The number of halogens is 3. The van der Waals surface area contributed by atoms with Crippen molar-refractivity contribution in [3.63, 3.8) is 0 Å². The largest absolute Gasteiger partial charge is 0.453 e. The fourth-order valence-electron chi connectivity index (χ4n) is 2.27. The van der Waals surface area contributed by atoms with Crippen LogP contribution in [0.5, 0.6) is 0 Å². The third-order valence-corrected chi connectivity index (χ3v) is 3.31.